The summed E-state index contributed by atoms with van der Waals surface area (Å²) in [6.07, 6.45) is 1.10. The molecule has 2 unspecified atom stereocenters. The van der Waals surface area contributed by atoms with E-state index in [-0.39, 0.29) is 35.7 Å². The number of rotatable bonds is 10. The lowest BCUT2D eigenvalue weighted by Crippen LogP contribution is -2.59. The molecule has 3 N–H and O–H groups in total. The van der Waals surface area contributed by atoms with Crippen molar-refractivity contribution in [2.75, 3.05) is 34.3 Å². The van der Waals surface area contributed by atoms with Gasteiger partial charge < -0.3 is 39.4 Å². The quantitative estimate of drug-likeness (QED) is 0.140. The monoisotopic (exact) mass is 640 g/mol. The number of carbonyl (C=O) groups excluding carboxylic acids is 2. The van der Waals surface area contributed by atoms with Crippen LogP contribution in [0.2, 0.25) is 0 Å². The maximum Gasteiger partial charge on any atom is 0.316 e. The summed E-state index contributed by atoms with van der Waals surface area (Å²) in [5.41, 5.74) is -2.28. The highest BCUT2D eigenvalue weighted by Crippen LogP contribution is 2.41. The summed E-state index contributed by atoms with van der Waals surface area (Å²) < 4.78 is 24.9. The van der Waals surface area contributed by atoms with E-state index in [1.54, 1.807) is 34.0 Å². The van der Waals surface area contributed by atoms with Crippen LogP contribution >= 0.6 is 0 Å². The van der Waals surface area contributed by atoms with Crippen LogP contribution in [0.25, 0.3) is 0 Å². The lowest BCUT2D eigenvalue weighted by Gasteiger charge is -2.47. The van der Waals surface area contributed by atoms with E-state index in [4.69, 9.17) is 18.9 Å². The predicted molar refractivity (Wildman–Crippen MR) is 176 cm³/mol. The van der Waals surface area contributed by atoms with Crippen molar-refractivity contribution in [2.45, 2.75) is 135 Å². The summed E-state index contributed by atoms with van der Waals surface area (Å²) >= 11 is 0. The van der Waals surface area contributed by atoms with Gasteiger partial charge in [0.05, 0.1) is 17.8 Å². The van der Waals surface area contributed by atoms with E-state index in [1.807, 2.05) is 39.8 Å². The fourth-order valence-corrected chi connectivity index (χ4v) is 7.85. The Bertz CT molecular complexity index is 960. The molecule has 0 aromatic rings. The predicted octanol–water partition coefficient (Wildman–Crippen LogP) is 3.96. The van der Waals surface area contributed by atoms with E-state index < -0.39 is 53.6 Å². The second-order valence-corrected chi connectivity index (χ2v) is 14.5. The van der Waals surface area contributed by atoms with Gasteiger partial charge in [0.15, 0.2) is 12.1 Å². The van der Waals surface area contributed by atoms with E-state index in [1.165, 1.54) is 0 Å². The number of cyclic esters (lactones) is 1. The maximum atomic E-state index is 14.0. The molecular formula is C35H64N2O8. The van der Waals surface area contributed by atoms with Crippen LogP contribution < -0.4 is 5.32 Å². The molecule has 2 saturated heterocycles. The molecule has 2 heterocycles. The number of nitrogens with zero attached hydrogens (tertiary/aromatic N) is 1. The van der Waals surface area contributed by atoms with Gasteiger partial charge in [0, 0.05) is 25.6 Å². The van der Waals surface area contributed by atoms with Crippen LogP contribution in [0.4, 0.5) is 0 Å². The molecule has 0 bridgehead atoms. The molecule has 262 valence electrons. The molecule has 2 rings (SSSR count). The smallest absolute Gasteiger partial charge is 0.316 e. The van der Waals surface area contributed by atoms with Gasteiger partial charge in [-0.05, 0) is 98.2 Å². The van der Waals surface area contributed by atoms with Crippen LogP contribution in [0.15, 0.2) is 12.7 Å². The van der Waals surface area contributed by atoms with Gasteiger partial charge in [-0.2, -0.15) is 0 Å². The summed E-state index contributed by atoms with van der Waals surface area (Å²) in [4.78, 5) is 29.5. The number of aliphatic hydroxyl groups excluding tert-OH is 1. The molecule has 0 radical (unpaired) electrons. The molecule has 2 fully saturated rings. The van der Waals surface area contributed by atoms with Crippen molar-refractivity contribution < 1.29 is 38.7 Å². The summed E-state index contributed by atoms with van der Waals surface area (Å²) in [7, 11) is 5.43. The number of hydrogen-bond donors (Lipinski definition) is 3. The summed E-state index contributed by atoms with van der Waals surface area (Å²) in [5, 5.41) is 26.7. The number of esters is 1. The lowest BCUT2D eigenvalue weighted by molar-refractivity contribution is -0.295. The molecule has 0 aromatic heterocycles. The van der Waals surface area contributed by atoms with Gasteiger partial charge in [-0.3, -0.25) is 9.59 Å². The highest BCUT2D eigenvalue weighted by Gasteiger charge is 2.50. The lowest BCUT2D eigenvalue weighted by atomic mass is 9.70. The Morgan fingerprint density at radius 1 is 1.13 bits per heavy atom. The standard InChI is InChI=1S/C35H64N2O8/c1-13-16-36-17-15-26-22(4)18-21(3)20-34(8,42-12)31(45-33-30(39)27(37(10)11)19-23(5)43-33)24(6)29(38)25(7)32(40)44-28(14-2)35(26,9)41/h13,21-28,30-31,33,36,39,41H,1,14-20H2,2-12H3/t21-,22?,23+,24+,25?,26-,27-,28+,30+,31+,33-,34+,35-/m0/s1. The van der Waals surface area contributed by atoms with E-state index in [9.17, 15) is 19.8 Å². The van der Waals surface area contributed by atoms with E-state index >= 15 is 0 Å². The van der Waals surface area contributed by atoms with Crippen molar-refractivity contribution in [1.82, 2.24) is 10.2 Å². The minimum absolute atomic E-state index is 0.0679. The number of Topliss-reactive ketones (excluding diaryl/α,β-unsaturated/α-hetero) is 1. The Kier molecular flexibility index (Phi) is 15.1. The number of hydrogen-bond acceptors (Lipinski definition) is 10. The van der Waals surface area contributed by atoms with Crippen molar-refractivity contribution in [3.05, 3.63) is 12.7 Å². The molecule has 0 saturated carbocycles. The van der Waals surface area contributed by atoms with Gasteiger partial charge in [-0.1, -0.05) is 33.8 Å². The Morgan fingerprint density at radius 2 is 1.78 bits per heavy atom. The fourth-order valence-electron chi connectivity index (χ4n) is 7.85. The minimum Gasteiger partial charge on any atom is -0.459 e. The van der Waals surface area contributed by atoms with Crippen molar-refractivity contribution >= 4 is 11.8 Å². The summed E-state index contributed by atoms with van der Waals surface area (Å²) in [5.74, 6) is -2.93. The number of aliphatic hydroxyl groups is 2. The van der Waals surface area contributed by atoms with Gasteiger partial charge in [0.25, 0.3) is 0 Å². The van der Waals surface area contributed by atoms with Gasteiger partial charge >= 0.3 is 5.97 Å². The Balaban J connectivity index is 2.57. The van der Waals surface area contributed by atoms with Crippen LogP contribution in [0.5, 0.6) is 0 Å². The molecule has 45 heavy (non-hydrogen) atoms. The molecule has 0 aliphatic carbocycles. The number of methoxy groups -OCH3 is 1. The fraction of sp³-hybridized carbons (Fsp3) is 0.886. The normalized spacial score (nSPS) is 42.7. The molecule has 10 nitrogen and oxygen atoms in total. The second-order valence-electron chi connectivity index (χ2n) is 14.5. The van der Waals surface area contributed by atoms with Gasteiger partial charge in [0.2, 0.25) is 0 Å². The average Bonchev–Trinajstić information content (AvgIpc) is 2.97. The van der Waals surface area contributed by atoms with Crippen molar-refractivity contribution in [2.24, 2.45) is 29.6 Å². The van der Waals surface area contributed by atoms with Crippen molar-refractivity contribution in [1.29, 1.82) is 0 Å². The maximum absolute atomic E-state index is 14.0. The number of nitrogens with one attached hydrogen (secondary N) is 1. The second kappa shape index (κ2) is 17.1. The number of carbonyl (C=O) groups is 2. The van der Waals surface area contributed by atoms with Gasteiger partial charge in [-0.25, -0.2) is 0 Å². The highest BCUT2D eigenvalue weighted by atomic mass is 16.7. The van der Waals surface area contributed by atoms with Crippen LogP contribution in [-0.2, 0) is 28.5 Å². The number of ketones is 1. The van der Waals surface area contributed by atoms with Crippen LogP contribution in [-0.4, -0.2) is 109 Å². The Morgan fingerprint density at radius 3 is 2.33 bits per heavy atom. The zero-order valence-corrected chi connectivity index (χ0v) is 29.9. The third-order valence-corrected chi connectivity index (χ3v) is 10.5. The topological polar surface area (TPSA) is 127 Å². The van der Waals surface area contributed by atoms with Crippen molar-refractivity contribution in [3.63, 3.8) is 0 Å². The largest absolute Gasteiger partial charge is 0.459 e. The Hall–Kier alpha value is -1.40. The van der Waals surface area contributed by atoms with Crippen LogP contribution in [0, 0.1) is 29.6 Å². The van der Waals surface area contributed by atoms with Crippen LogP contribution in [0.3, 0.4) is 0 Å². The van der Waals surface area contributed by atoms with E-state index in [0.29, 0.717) is 38.8 Å². The summed E-state index contributed by atoms with van der Waals surface area (Å²) in [6, 6.07) is -0.192. The first kappa shape index (κ1) is 39.8. The van der Waals surface area contributed by atoms with E-state index in [2.05, 4.69) is 25.7 Å². The number of ether oxygens (including phenoxy) is 4. The SMILES string of the molecule is C=CCNCC[C@H]1C(C)C[C@H](C)C[C@@](C)(OC)[C@H](O[C@@H]2O[C@H](C)C[C@H](N(C)C)[C@H]2O)[C@H](C)C(=O)C(C)C(=O)O[C@H](CC)[C@@]1(C)O. The third-order valence-electron chi connectivity index (χ3n) is 10.5. The molecule has 2 aliphatic rings. The first-order chi connectivity index (χ1) is 20.9. The zero-order valence-electron chi connectivity index (χ0n) is 29.9. The average molecular weight is 641 g/mol. The van der Waals surface area contributed by atoms with Gasteiger partial charge in [-0.15, -0.1) is 6.58 Å². The molecule has 2 aliphatic heterocycles. The first-order valence-electron chi connectivity index (χ1n) is 16.9. The molecule has 0 spiro atoms. The molecule has 0 amide bonds. The van der Waals surface area contributed by atoms with Crippen LogP contribution in [0.1, 0.15) is 87.5 Å². The van der Waals surface area contributed by atoms with E-state index in [0.717, 1.165) is 6.42 Å². The molecule has 13 atom stereocenters. The number of likely N-dealkylation sites (N-methyl/N-ethyl adjacent to an activating group) is 1. The summed E-state index contributed by atoms with van der Waals surface area (Å²) in [6.45, 7) is 20.2. The zero-order chi connectivity index (χ0) is 34.3. The Labute approximate surface area is 272 Å². The minimum atomic E-state index is -1.32. The molecular weight excluding hydrogens is 576 g/mol. The first-order valence-corrected chi connectivity index (χ1v) is 16.9. The molecule has 0 aromatic carbocycles. The van der Waals surface area contributed by atoms with Gasteiger partial charge in [0.1, 0.15) is 23.7 Å². The highest BCUT2D eigenvalue weighted by molar-refractivity contribution is 6.00. The third kappa shape index (κ3) is 9.81. The molecule has 10 heteroatoms. The van der Waals surface area contributed by atoms with Crippen molar-refractivity contribution in [3.8, 4) is 0 Å².